The lowest BCUT2D eigenvalue weighted by Gasteiger charge is -2.20. The first-order valence-electron chi connectivity index (χ1n) is 5.76. The first kappa shape index (κ1) is 13.6. The summed E-state index contributed by atoms with van der Waals surface area (Å²) >= 11 is 5.80. The molecule has 1 aromatic rings. The molecule has 0 radical (unpaired) electrons. The Kier molecular flexibility index (Phi) is 5.32. The molecule has 3 N–H and O–H groups in total. The third-order valence-electron chi connectivity index (χ3n) is 2.21. The first-order chi connectivity index (χ1) is 7.47. The van der Waals surface area contributed by atoms with Gasteiger partial charge in [-0.3, -0.25) is 0 Å². The van der Waals surface area contributed by atoms with Gasteiger partial charge in [-0.25, -0.2) is 0 Å². The van der Waals surface area contributed by atoms with Crippen molar-refractivity contribution in [2.45, 2.75) is 39.3 Å². The van der Waals surface area contributed by atoms with Crippen LogP contribution in [-0.4, -0.2) is 23.6 Å². The summed E-state index contributed by atoms with van der Waals surface area (Å²) in [6.45, 7) is 9.45. The summed E-state index contributed by atoms with van der Waals surface area (Å²) in [5.41, 5.74) is 1.35. The van der Waals surface area contributed by atoms with Crippen LogP contribution in [0.5, 0.6) is 0 Å². The molecule has 0 aromatic carbocycles. The van der Waals surface area contributed by atoms with E-state index in [9.17, 15) is 0 Å². The normalized spacial score (nSPS) is 12.0. The van der Waals surface area contributed by atoms with Crippen molar-refractivity contribution in [2.24, 2.45) is 0 Å². The van der Waals surface area contributed by atoms with Gasteiger partial charge < -0.3 is 15.6 Å². The molecule has 0 fully saturated rings. The molecular formula is C12H22ClN3. The second-order valence-electron chi connectivity index (χ2n) is 5.05. The summed E-state index contributed by atoms with van der Waals surface area (Å²) in [7, 11) is 0. The van der Waals surface area contributed by atoms with Gasteiger partial charge in [-0.2, -0.15) is 0 Å². The second kappa shape index (κ2) is 6.28. The van der Waals surface area contributed by atoms with E-state index in [2.05, 4.69) is 36.4 Å². The fourth-order valence-electron chi connectivity index (χ4n) is 1.41. The van der Waals surface area contributed by atoms with Crippen molar-refractivity contribution in [3.05, 3.63) is 23.0 Å². The number of aromatic nitrogens is 1. The van der Waals surface area contributed by atoms with E-state index in [4.69, 9.17) is 11.6 Å². The van der Waals surface area contributed by atoms with Gasteiger partial charge in [0.25, 0.3) is 0 Å². The minimum Gasteiger partial charge on any atom is -0.363 e. The topological polar surface area (TPSA) is 39.8 Å². The molecule has 16 heavy (non-hydrogen) atoms. The highest BCUT2D eigenvalue weighted by Crippen LogP contribution is 2.08. The van der Waals surface area contributed by atoms with Crippen LogP contribution in [0.2, 0.25) is 5.02 Å². The number of aromatic amines is 1. The lowest BCUT2D eigenvalue weighted by molar-refractivity contribution is 0.418. The summed E-state index contributed by atoms with van der Waals surface area (Å²) in [4.78, 5) is 3.11. The Hall–Kier alpha value is -0.510. The number of H-pyrrole nitrogens is 1. The van der Waals surface area contributed by atoms with Crippen molar-refractivity contribution in [1.82, 2.24) is 15.6 Å². The quantitative estimate of drug-likeness (QED) is 0.672. The Bertz CT molecular complexity index is 301. The highest BCUT2D eigenvalue weighted by molar-refractivity contribution is 6.30. The number of hydrogen-bond acceptors (Lipinski definition) is 2. The minimum absolute atomic E-state index is 0.215. The maximum atomic E-state index is 5.80. The Labute approximate surface area is 103 Å². The van der Waals surface area contributed by atoms with Gasteiger partial charge >= 0.3 is 0 Å². The van der Waals surface area contributed by atoms with Gasteiger partial charge in [-0.05, 0) is 46.3 Å². The summed E-state index contributed by atoms with van der Waals surface area (Å²) in [5.74, 6) is 0. The predicted octanol–water partition coefficient (Wildman–Crippen LogP) is 2.54. The Morgan fingerprint density at radius 2 is 2.06 bits per heavy atom. The maximum absolute atomic E-state index is 5.80. The summed E-state index contributed by atoms with van der Waals surface area (Å²) in [6.07, 6.45) is 2.94. The lowest BCUT2D eigenvalue weighted by atomic mass is 10.1. The molecule has 4 heteroatoms. The first-order valence-corrected chi connectivity index (χ1v) is 6.14. The van der Waals surface area contributed by atoms with E-state index < -0.39 is 0 Å². The molecule has 92 valence electrons. The SMILES string of the molecule is CC(C)(C)NCCCNCc1cc(Cl)c[nH]1. The second-order valence-corrected chi connectivity index (χ2v) is 5.49. The molecule has 0 spiro atoms. The monoisotopic (exact) mass is 243 g/mol. The summed E-state index contributed by atoms with van der Waals surface area (Å²) < 4.78 is 0. The van der Waals surface area contributed by atoms with Crippen LogP contribution in [0, 0.1) is 0 Å². The molecule has 1 aromatic heterocycles. The molecule has 0 saturated carbocycles. The van der Waals surface area contributed by atoms with E-state index in [1.54, 1.807) is 6.20 Å². The highest BCUT2D eigenvalue weighted by atomic mass is 35.5. The molecule has 0 bridgehead atoms. The van der Waals surface area contributed by atoms with Crippen molar-refractivity contribution >= 4 is 11.6 Å². The Morgan fingerprint density at radius 1 is 1.31 bits per heavy atom. The molecule has 0 atom stereocenters. The predicted molar refractivity (Wildman–Crippen MR) is 69.9 cm³/mol. The Morgan fingerprint density at radius 3 is 2.62 bits per heavy atom. The summed E-state index contributed by atoms with van der Waals surface area (Å²) in [5, 5.41) is 7.60. The van der Waals surface area contributed by atoms with Crippen molar-refractivity contribution in [3.63, 3.8) is 0 Å². The van der Waals surface area contributed by atoms with Gasteiger partial charge in [0.15, 0.2) is 0 Å². The van der Waals surface area contributed by atoms with Crippen molar-refractivity contribution < 1.29 is 0 Å². The van der Waals surface area contributed by atoms with Crippen molar-refractivity contribution in [1.29, 1.82) is 0 Å². The van der Waals surface area contributed by atoms with Gasteiger partial charge in [0.2, 0.25) is 0 Å². The van der Waals surface area contributed by atoms with E-state index >= 15 is 0 Å². The van der Waals surface area contributed by atoms with Gasteiger partial charge in [0.1, 0.15) is 0 Å². The number of halogens is 1. The molecule has 0 amide bonds. The Balaban J connectivity index is 2.00. The fraction of sp³-hybridized carbons (Fsp3) is 0.667. The largest absolute Gasteiger partial charge is 0.363 e. The lowest BCUT2D eigenvalue weighted by Crippen LogP contribution is -2.37. The van der Waals surface area contributed by atoms with E-state index in [-0.39, 0.29) is 5.54 Å². The van der Waals surface area contributed by atoms with Crippen LogP contribution in [0.15, 0.2) is 12.3 Å². The average Bonchev–Trinajstić information content (AvgIpc) is 2.56. The molecule has 0 aliphatic heterocycles. The number of rotatable bonds is 6. The molecule has 1 heterocycles. The van der Waals surface area contributed by atoms with Crippen LogP contribution in [-0.2, 0) is 6.54 Å². The average molecular weight is 244 g/mol. The number of hydrogen-bond donors (Lipinski definition) is 3. The van der Waals surface area contributed by atoms with E-state index in [1.807, 2.05) is 6.07 Å². The van der Waals surface area contributed by atoms with Gasteiger partial charge in [0.05, 0.1) is 5.02 Å². The third-order valence-corrected chi connectivity index (χ3v) is 2.43. The van der Waals surface area contributed by atoms with E-state index in [0.717, 1.165) is 36.8 Å². The molecule has 0 aliphatic rings. The van der Waals surface area contributed by atoms with Gasteiger partial charge in [0, 0.05) is 24.0 Å². The van der Waals surface area contributed by atoms with Crippen LogP contribution >= 0.6 is 11.6 Å². The zero-order valence-electron chi connectivity index (χ0n) is 10.4. The maximum Gasteiger partial charge on any atom is 0.0583 e. The molecule has 0 saturated heterocycles. The van der Waals surface area contributed by atoms with E-state index in [1.165, 1.54) is 0 Å². The van der Waals surface area contributed by atoms with Crippen LogP contribution < -0.4 is 10.6 Å². The molecular weight excluding hydrogens is 222 g/mol. The zero-order chi connectivity index (χ0) is 12.0. The van der Waals surface area contributed by atoms with Crippen molar-refractivity contribution in [2.75, 3.05) is 13.1 Å². The van der Waals surface area contributed by atoms with Crippen LogP contribution in [0.4, 0.5) is 0 Å². The van der Waals surface area contributed by atoms with Crippen LogP contribution in [0.3, 0.4) is 0 Å². The highest BCUT2D eigenvalue weighted by Gasteiger charge is 2.06. The zero-order valence-corrected chi connectivity index (χ0v) is 11.1. The molecule has 1 rings (SSSR count). The van der Waals surface area contributed by atoms with Gasteiger partial charge in [-0.1, -0.05) is 11.6 Å². The smallest absolute Gasteiger partial charge is 0.0583 e. The fourth-order valence-corrected chi connectivity index (χ4v) is 1.60. The molecule has 3 nitrogen and oxygen atoms in total. The third kappa shape index (κ3) is 6.16. The number of nitrogens with one attached hydrogen (secondary N) is 3. The van der Waals surface area contributed by atoms with Crippen molar-refractivity contribution in [3.8, 4) is 0 Å². The van der Waals surface area contributed by atoms with Gasteiger partial charge in [-0.15, -0.1) is 0 Å². The summed E-state index contributed by atoms with van der Waals surface area (Å²) in [6, 6.07) is 1.95. The minimum atomic E-state index is 0.215. The molecule has 0 aliphatic carbocycles. The molecule has 0 unspecified atom stereocenters. The van der Waals surface area contributed by atoms with Crippen LogP contribution in [0.25, 0.3) is 0 Å². The standard InChI is InChI=1S/C12H22ClN3/c1-12(2,3)16-6-4-5-14-9-11-7-10(13)8-15-11/h7-8,14-16H,4-6,9H2,1-3H3. The van der Waals surface area contributed by atoms with Crippen LogP contribution in [0.1, 0.15) is 32.9 Å². The van der Waals surface area contributed by atoms with E-state index in [0.29, 0.717) is 0 Å².